The number of nitrogens with zero attached hydrogens (tertiary/aromatic N) is 2. The second kappa shape index (κ2) is 13.9. The molecule has 10 nitrogen and oxygen atoms in total. The zero-order valence-corrected chi connectivity index (χ0v) is 20.5. The summed E-state index contributed by atoms with van der Waals surface area (Å²) in [6, 6.07) is 0. The van der Waals surface area contributed by atoms with Crippen LogP contribution in [0.1, 0.15) is 13.8 Å². The van der Waals surface area contributed by atoms with Crippen LogP contribution in [0.25, 0.3) is 0 Å². The van der Waals surface area contributed by atoms with E-state index in [1.165, 1.54) is 0 Å². The van der Waals surface area contributed by atoms with E-state index in [1.54, 1.807) is 26.0 Å². The lowest BCUT2D eigenvalue weighted by atomic mass is 10.3. The second-order valence-corrected chi connectivity index (χ2v) is 9.08. The standard InChI is InChI=1S/2C10H18NO2.H2O4S/c2*1-7-9(11(4,5)6)13-10(12)8(2)3;1-5(2,3)4/h2*7,9H,1-2H2,3-6H3;(H2,1,2,3,4)/q2*+1;/p-2. The lowest BCUT2D eigenvalue weighted by Gasteiger charge is -2.30. The number of rotatable bonds is 8. The Morgan fingerprint density at radius 3 is 1.06 bits per heavy atom. The molecule has 0 aliphatic heterocycles. The molecule has 0 spiro atoms. The first-order chi connectivity index (χ1) is 13.6. The molecule has 0 saturated carbocycles. The number of ether oxygens (including phenoxy) is 2. The Morgan fingerprint density at radius 1 is 0.774 bits per heavy atom. The van der Waals surface area contributed by atoms with Gasteiger partial charge >= 0.3 is 11.9 Å². The van der Waals surface area contributed by atoms with Crippen LogP contribution in [0.4, 0.5) is 0 Å². The van der Waals surface area contributed by atoms with E-state index in [0.717, 1.165) is 0 Å². The Morgan fingerprint density at radius 2 is 0.968 bits per heavy atom. The van der Waals surface area contributed by atoms with Crippen molar-refractivity contribution in [1.29, 1.82) is 0 Å². The Kier molecular flexibility index (Phi) is 14.9. The van der Waals surface area contributed by atoms with Crippen molar-refractivity contribution in [1.82, 2.24) is 0 Å². The van der Waals surface area contributed by atoms with Crippen LogP contribution in [0.5, 0.6) is 0 Å². The number of carbonyl (C=O) groups excluding carboxylic acids is 2. The monoisotopic (exact) mass is 464 g/mol. The summed E-state index contributed by atoms with van der Waals surface area (Å²) in [4.78, 5) is 22.4. The van der Waals surface area contributed by atoms with E-state index in [-0.39, 0.29) is 24.4 Å². The quantitative estimate of drug-likeness (QED) is 0.0998. The van der Waals surface area contributed by atoms with Crippen molar-refractivity contribution >= 4 is 22.3 Å². The van der Waals surface area contributed by atoms with E-state index >= 15 is 0 Å². The van der Waals surface area contributed by atoms with Gasteiger partial charge in [0.1, 0.15) is 0 Å². The molecule has 2 atom stereocenters. The summed E-state index contributed by atoms with van der Waals surface area (Å²) in [5.41, 5.74) is 0.806. The van der Waals surface area contributed by atoms with Crippen LogP contribution >= 0.6 is 0 Å². The minimum absolute atomic E-state index is 0.329. The maximum absolute atomic E-state index is 11.2. The molecular weight excluding hydrogens is 428 g/mol. The molecule has 0 aromatic rings. The third kappa shape index (κ3) is 20.7. The number of esters is 2. The zero-order chi connectivity index (χ0) is 25.8. The van der Waals surface area contributed by atoms with Gasteiger partial charge in [-0.15, -0.1) is 0 Å². The van der Waals surface area contributed by atoms with Crippen LogP contribution in [0.2, 0.25) is 0 Å². The van der Waals surface area contributed by atoms with Crippen molar-refractivity contribution in [2.24, 2.45) is 0 Å². The first-order valence-electron chi connectivity index (χ1n) is 8.84. The molecule has 0 aliphatic carbocycles. The first kappa shape index (κ1) is 33.3. The Bertz CT molecular complexity index is 701. The highest BCUT2D eigenvalue weighted by Crippen LogP contribution is 2.09. The number of hydrogen-bond donors (Lipinski definition) is 0. The van der Waals surface area contributed by atoms with Gasteiger partial charge in [0.25, 0.3) is 12.5 Å². The van der Waals surface area contributed by atoms with Crippen LogP contribution < -0.4 is 0 Å². The molecule has 0 aromatic carbocycles. The summed E-state index contributed by atoms with van der Waals surface area (Å²) in [6.07, 6.45) is 2.56. The average molecular weight is 465 g/mol. The van der Waals surface area contributed by atoms with Gasteiger partial charge in [-0.2, -0.15) is 0 Å². The lowest BCUT2D eigenvalue weighted by Crippen LogP contribution is -2.46. The van der Waals surface area contributed by atoms with Gasteiger partial charge in [-0.1, -0.05) is 26.3 Å². The van der Waals surface area contributed by atoms with Crippen molar-refractivity contribution in [2.75, 3.05) is 42.3 Å². The molecule has 0 rings (SSSR count). The summed E-state index contributed by atoms with van der Waals surface area (Å²) in [5.74, 6) is -0.754. The molecular formula is C20H36N2O8S. The van der Waals surface area contributed by atoms with Gasteiger partial charge in [0.2, 0.25) is 0 Å². The number of hydrogen-bond acceptors (Lipinski definition) is 8. The molecule has 0 aromatic heterocycles. The fourth-order valence-corrected chi connectivity index (χ4v) is 1.47. The Labute approximate surface area is 186 Å². The average Bonchev–Trinajstić information content (AvgIpc) is 2.53. The molecule has 0 radical (unpaired) electrons. The van der Waals surface area contributed by atoms with E-state index in [9.17, 15) is 9.59 Å². The van der Waals surface area contributed by atoms with Gasteiger partial charge in [0, 0.05) is 33.7 Å². The summed E-state index contributed by atoms with van der Waals surface area (Å²) >= 11 is 0. The molecule has 0 N–H and O–H groups in total. The summed E-state index contributed by atoms with van der Waals surface area (Å²) < 4.78 is 45.4. The highest BCUT2D eigenvalue weighted by molar-refractivity contribution is 7.79. The van der Waals surface area contributed by atoms with E-state index < -0.39 is 10.4 Å². The van der Waals surface area contributed by atoms with Gasteiger partial charge in [0.15, 0.2) is 0 Å². The van der Waals surface area contributed by atoms with Gasteiger partial charge in [-0.05, 0) is 13.8 Å². The lowest BCUT2D eigenvalue weighted by molar-refractivity contribution is -0.909. The highest BCUT2D eigenvalue weighted by Gasteiger charge is 2.25. The fourth-order valence-electron chi connectivity index (χ4n) is 1.47. The Hall–Kier alpha value is -2.31. The normalized spacial score (nSPS) is 13.0. The zero-order valence-electron chi connectivity index (χ0n) is 19.7. The Balaban J connectivity index is -0.000000416. The van der Waals surface area contributed by atoms with E-state index in [0.29, 0.717) is 20.1 Å². The van der Waals surface area contributed by atoms with Crippen LogP contribution in [0.15, 0.2) is 49.6 Å². The molecule has 0 amide bonds. The van der Waals surface area contributed by atoms with Crippen LogP contribution in [0, 0.1) is 0 Å². The molecule has 180 valence electrons. The van der Waals surface area contributed by atoms with Crippen molar-refractivity contribution in [3.05, 3.63) is 49.6 Å². The SMILES string of the molecule is C=CC(OC(=O)C(=C)C)[N+](C)(C)C.C=CC(OC(=O)C(=C)C)[N+](C)(C)C.O=S(=O)([O-])[O-]. The van der Waals surface area contributed by atoms with Crippen LogP contribution in [0.3, 0.4) is 0 Å². The smallest absolute Gasteiger partial charge is 0.337 e. The third-order valence-corrected chi connectivity index (χ3v) is 3.08. The number of likely N-dealkylation sites (N-methyl/N-ethyl adjacent to an activating group) is 2. The van der Waals surface area contributed by atoms with Crippen molar-refractivity contribution in [3.8, 4) is 0 Å². The maximum atomic E-state index is 11.2. The molecule has 0 aliphatic rings. The predicted octanol–water partition coefficient (Wildman–Crippen LogP) is 1.31. The fraction of sp³-hybridized carbons (Fsp3) is 0.500. The molecule has 11 heteroatoms. The van der Waals surface area contributed by atoms with Crippen molar-refractivity contribution in [2.45, 2.75) is 26.3 Å². The molecule has 31 heavy (non-hydrogen) atoms. The second-order valence-electron chi connectivity index (χ2n) is 8.26. The largest absolute Gasteiger partial charge is 0.759 e. The van der Waals surface area contributed by atoms with Gasteiger partial charge in [0.05, 0.1) is 42.3 Å². The summed E-state index contributed by atoms with van der Waals surface area (Å²) in [6.45, 7) is 17.5. The third-order valence-electron chi connectivity index (χ3n) is 3.08. The highest BCUT2D eigenvalue weighted by atomic mass is 32.3. The molecule has 0 fully saturated rings. The van der Waals surface area contributed by atoms with E-state index in [4.69, 9.17) is 27.0 Å². The van der Waals surface area contributed by atoms with E-state index in [2.05, 4.69) is 26.3 Å². The first-order valence-corrected chi connectivity index (χ1v) is 10.2. The van der Waals surface area contributed by atoms with Crippen LogP contribution in [-0.4, -0.2) is 93.2 Å². The minimum Gasteiger partial charge on any atom is -0.759 e. The van der Waals surface area contributed by atoms with Gasteiger partial charge < -0.3 is 18.6 Å². The van der Waals surface area contributed by atoms with E-state index in [1.807, 2.05) is 42.3 Å². The molecule has 2 unspecified atom stereocenters. The van der Waals surface area contributed by atoms with Crippen LogP contribution in [-0.2, 0) is 29.5 Å². The summed E-state index contributed by atoms with van der Waals surface area (Å²) in [7, 11) is 6.41. The van der Waals surface area contributed by atoms with Gasteiger partial charge in [-0.3, -0.25) is 17.4 Å². The van der Waals surface area contributed by atoms with Crippen molar-refractivity contribution < 1.29 is 45.6 Å². The summed E-state index contributed by atoms with van der Waals surface area (Å²) in [5, 5.41) is 0. The number of carbonyl (C=O) groups is 2. The number of quaternary nitrogens is 2. The minimum atomic E-state index is -5.17. The van der Waals surface area contributed by atoms with Crippen molar-refractivity contribution in [3.63, 3.8) is 0 Å². The predicted molar refractivity (Wildman–Crippen MR) is 116 cm³/mol. The topological polar surface area (TPSA) is 133 Å². The molecule has 0 saturated heterocycles. The van der Waals surface area contributed by atoms with Gasteiger partial charge in [-0.25, -0.2) is 9.59 Å². The molecule has 0 bridgehead atoms. The molecule has 0 heterocycles. The maximum Gasteiger partial charge on any atom is 0.337 e.